The maximum absolute atomic E-state index is 9.54. The van der Waals surface area contributed by atoms with Gasteiger partial charge in [-0.25, -0.2) is 0 Å². The zero-order valence-corrected chi connectivity index (χ0v) is 18.0. The highest BCUT2D eigenvalue weighted by molar-refractivity contribution is 5.10. The van der Waals surface area contributed by atoms with E-state index < -0.39 is 5.79 Å². The minimum absolute atomic E-state index is 0.259. The molecule has 0 bridgehead atoms. The van der Waals surface area contributed by atoms with Gasteiger partial charge in [0.2, 0.25) is 5.79 Å². The van der Waals surface area contributed by atoms with Crippen LogP contribution in [-0.2, 0) is 0 Å². The number of unbranched alkanes of at least 4 members (excludes halogenated alkanes) is 13. The van der Waals surface area contributed by atoms with Gasteiger partial charge < -0.3 is 10.2 Å². The number of hydrogen-bond acceptors (Lipinski definition) is 2. The zero-order valence-electron chi connectivity index (χ0n) is 18.0. The predicted octanol–water partition coefficient (Wildman–Crippen LogP) is 6.98. The first-order valence-corrected chi connectivity index (χ1v) is 11.5. The van der Waals surface area contributed by atoms with E-state index in [0.29, 0.717) is 5.92 Å². The molecule has 0 saturated carbocycles. The molecule has 0 fully saturated rings. The third-order valence-corrected chi connectivity index (χ3v) is 5.37. The molecule has 1 unspecified atom stereocenters. The summed E-state index contributed by atoms with van der Waals surface area (Å²) in [5.41, 5.74) is 0. The lowest BCUT2D eigenvalue weighted by atomic mass is 9.97. The number of hydrogen-bond donors (Lipinski definition) is 2. The van der Waals surface area contributed by atoms with Gasteiger partial charge in [0.25, 0.3) is 0 Å². The molecule has 0 amide bonds. The normalized spacial score (nSPS) is 12.7. The molecule has 26 heavy (non-hydrogen) atoms. The molecule has 0 spiro atoms. The highest BCUT2D eigenvalue weighted by Gasteiger charge is 2.15. The first-order chi connectivity index (χ1) is 12.6. The van der Waals surface area contributed by atoms with Crippen LogP contribution in [0.5, 0.6) is 0 Å². The molecule has 0 aromatic rings. The Kier molecular flexibility index (Phi) is 17.5. The summed E-state index contributed by atoms with van der Waals surface area (Å²) in [7, 11) is 0. The molecule has 0 aliphatic heterocycles. The van der Waals surface area contributed by atoms with E-state index in [4.69, 9.17) is 0 Å². The molecule has 2 N–H and O–H groups in total. The maximum Gasteiger partial charge on any atom is 0.228 e. The Morgan fingerprint density at radius 1 is 0.654 bits per heavy atom. The summed E-state index contributed by atoms with van der Waals surface area (Å²) in [4.78, 5) is 0. The van der Waals surface area contributed by atoms with E-state index in [1.54, 1.807) is 6.92 Å². The molecule has 0 radical (unpaired) electrons. The summed E-state index contributed by atoms with van der Waals surface area (Å²) in [6, 6.07) is 0. The van der Waals surface area contributed by atoms with Gasteiger partial charge in [-0.05, 0) is 18.8 Å². The first kappa shape index (κ1) is 25.5. The van der Waals surface area contributed by atoms with E-state index in [1.807, 2.05) is 0 Å². The Labute approximate surface area is 164 Å². The summed E-state index contributed by atoms with van der Waals surface area (Å²) in [5.74, 6) is 4.18. The molecular formula is C24H46O2. The van der Waals surface area contributed by atoms with Crippen LogP contribution in [0.15, 0.2) is 0 Å². The second-order valence-corrected chi connectivity index (χ2v) is 7.93. The first-order valence-electron chi connectivity index (χ1n) is 11.5. The Hall–Kier alpha value is -0.520. The second-order valence-electron chi connectivity index (χ2n) is 7.93. The average Bonchev–Trinajstić information content (AvgIpc) is 2.64. The molecule has 2 nitrogen and oxygen atoms in total. The Bertz CT molecular complexity index is 351. The summed E-state index contributed by atoms with van der Waals surface area (Å²) in [6.07, 6.45) is 21.7. The second kappa shape index (κ2) is 17.9. The number of rotatable bonds is 17. The van der Waals surface area contributed by atoms with Crippen LogP contribution in [0, 0.1) is 17.8 Å². The van der Waals surface area contributed by atoms with E-state index >= 15 is 0 Å². The van der Waals surface area contributed by atoms with Crippen LogP contribution in [-0.4, -0.2) is 16.0 Å². The molecule has 0 aromatic carbocycles. The van der Waals surface area contributed by atoms with Crippen molar-refractivity contribution in [2.75, 3.05) is 0 Å². The lowest BCUT2D eigenvalue weighted by Gasteiger charge is -2.12. The van der Waals surface area contributed by atoms with Crippen LogP contribution in [0.3, 0.4) is 0 Å². The fourth-order valence-corrected chi connectivity index (χ4v) is 3.27. The van der Waals surface area contributed by atoms with E-state index in [2.05, 4.69) is 25.7 Å². The molecule has 0 aliphatic rings. The molecule has 2 heteroatoms. The van der Waals surface area contributed by atoms with E-state index in [0.717, 1.165) is 12.8 Å². The average molecular weight is 367 g/mol. The van der Waals surface area contributed by atoms with Crippen molar-refractivity contribution in [2.24, 2.45) is 5.92 Å². The van der Waals surface area contributed by atoms with Crippen molar-refractivity contribution in [1.82, 2.24) is 0 Å². The van der Waals surface area contributed by atoms with Crippen molar-refractivity contribution in [1.29, 1.82) is 0 Å². The van der Waals surface area contributed by atoms with Crippen molar-refractivity contribution >= 4 is 0 Å². The quantitative estimate of drug-likeness (QED) is 0.166. The van der Waals surface area contributed by atoms with Crippen LogP contribution in [0.4, 0.5) is 0 Å². The monoisotopic (exact) mass is 366 g/mol. The van der Waals surface area contributed by atoms with Crippen molar-refractivity contribution in [2.45, 2.75) is 136 Å². The summed E-state index contributed by atoms with van der Waals surface area (Å²) >= 11 is 0. The van der Waals surface area contributed by atoms with E-state index in [1.165, 1.54) is 89.9 Å². The lowest BCUT2D eigenvalue weighted by Crippen LogP contribution is -2.24. The SMILES string of the molecule is CCCCCCCCCCCCCCCCC(C#CC(O)(O)CC)CC. The van der Waals surface area contributed by atoms with Crippen molar-refractivity contribution in [3.8, 4) is 11.8 Å². The van der Waals surface area contributed by atoms with Gasteiger partial charge in [-0.3, -0.25) is 0 Å². The van der Waals surface area contributed by atoms with E-state index in [-0.39, 0.29) is 6.42 Å². The largest absolute Gasteiger partial charge is 0.356 e. The van der Waals surface area contributed by atoms with Gasteiger partial charge in [0.05, 0.1) is 0 Å². The Morgan fingerprint density at radius 3 is 1.46 bits per heavy atom. The molecule has 0 rings (SSSR count). The van der Waals surface area contributed by atoms with Crippen LogP contribution in [0.25, 0.3) is 0 Å². The van der Waals surface area contributed by atoms with Gasteiger partial charge in [-0.2, -0.15) is 0 Å². The fraction of sp³-hybridized carbons (Fsp3) is 0.917. The standard InChI is InChI=1S/C24H46O2/c1-4-7-8-9-10-11-12-13-14-15-16-17-18-19-20-23(5-2)21-22-24(25,26)6-3/h23,25-26H,4-20H2,1-3H3. The van der Waals surface area contributed by atoms with Gasteiger partial charge >= 0.3 is 0 Å². The smallest absolute Gasteiger partial charge is 0.228 e. The zero-order chi connectivity index (χ0) is 19.5. The molecular weight excluding hydrogens is 320 g/mol. The van der Waals surface area contributed by atoms with Crippen LogP contribution < -0.4 is 0 Å². The fourth-order valence-electron chi connectivity index (χ4n) is 3.27. The molecule has 0 saturated heterocycles. The van der Waals surface area contributed by atoms with Crippen molar-refractivity contribution < 1.29 is 10.2 Å². The van der Waals surface area contributed by atoms with Gasteiger partial charge in [0, 0.05) is 12.3 Å². The molecule has 0 aromatic heterocycles. The third-order valence-electron chi connectivity index (χ3n) is 5.37. The Balaban J connectivity index is 3.44. The Morgan fingerprint density at radius 2 is 1.08 bits per heavy atom. The maximum atomic E-state index is 9.54. The minimum atomic E-state index is -1.80. The minimum Gasteiger partial charge on any atom is -0.356 e. The summed E-state index contributed by atoms with van der Waals surface area (Å²) < 4.78 is 0. The van der Waals surface area contributed by atoms with Gasteiger partial charge in [-0.15, -0.1) is 0 Å². The lowest BCUT2D eigenvalue weighted by molar-refractivity contribution is -0.110. The van der Waals surface area contributed by atoms with E-state index in [9.17, 15) is 10.2 Å². The molecule has 154 valence electrons. The van der Waals surface area contributed by atoms with Crippen molar-refractivity contribution in [3.63, 3.8) is 0 Å². The van der Waals surface area contributed by atoms with Crippen LogP contribution in [0.2, 0.25) is 0 Å². The topological polar surface area (TPSA) is 40.5 Å². The van der Waals surface area contributed by atoms with Gasteiger partial charge in [0.15, 0.2) is 0 Å². The van der Waals surface area contributed by atoms with Gasteiger partial charge in [0.1, 0.15) is 0 Å². The third kappa shape index (κ3) is 16.9. The highest BCUT2D eigenvalue weighted by atomic mass is 16.5. The van der Waals surface area contributed by atoms with Gasteiger partial charge in [-0.1, -0.05) is 117 Å². The molecule has 1 atom stereocenters. The number of aliphatic hydroxyl groups is 2. The van der Waals surface area contributed by atoms with Crippen molar-refractivity contribution in [3.05, 3.63) is 0 Å². The summed E-state index contributed by atoms with van der Waals surface area (Å²) in [6.45, 7) is 6.15. The summed E-state index contributed by atoms with van der Waals surface area (Å²) in [5, 5.41) is 19.1. The van der Waals surface area contributed by atoms with Crippen LogP contribution in [0.1, 0.15) is 130 Å². The molecule has 0 aliphatic carbocycles. The molecule has 0 heterocycles. The van der Waals surface area contributed by atoms with Crippen LogP contribution >= 0.6 is 0 Å². The highest BCUT2D eigenvalue weighted by Crippen LogP contribution is 2.16. The predicted molar refractivity (Wildman–Crippen MR) is 114 cm³/mol.